The molecule has 5 amide bonds. The molecule has 2 aromatic heterocycles. The summed E-state index contributed by atoms with van der Waals surface area (Å²) in [5, 5.41) is 8.67. The van der Waals surface area contributed by atoms with Crippen LogP contribution in [-0.4, -0.2) is 460 Å². The fourth-order valence-corrected chi connectivity index (χ4v) is 13.3. The number of carbonyl (C=O) groups is 7. The molecule has 4 rings (SSSR count). The van der Waals surface area contributed by atoms with Gasteiger partial charge in [-0.25, -0.2) is 4.98 Å². The van der Waals surface area contributed by atoms with Crippen LogP contribution in [0.5, 0.6) is 5.88 Å². The highest BCUT2D eigenvalue weighted by Crippen LogP contribution is 2.24. The number of aromatic nitrogens is 4. The van der Waals surface area contributed by atoms with E-state index in [4.69, 9.17) is 138 Å². The summed E-state index contributed by atoms with van der Waals surface area (Å²) in [5.41, 5.74) is 7.45. The quantitative estimate of drug-likeness (QED) is 0.0308. The first-order valence-corrected chi connectivity index (χ1v) is 49.1. The summed E-state index contributed by atoms with van der Waals surface area (Å²) in [6.45, 7) is 19.4. The first-order valence-electron chi connectivity index (χ1n) is 46.6. The number of Topliss-reactive ketones (excluding diaryl/α,β-unsaturated/α-hetero) is 2. The normalized spacial score (nSPS) is 12.6. The number of rotatable bonds is 105. The van der Waals surface area contributed by atoms with Crippen molar-refractivity contribution < 1.29 is 166 Å². The van der Waals surface area contributed by atoms with E-state index in [1.54, 1.807) is 14.2 Å². The fraction of sp³-hybridized carbons (Fsp3) is 0.778. The molecule has 1 atom stereocenters. The minimum absolute atomic E-state index is 0.00602. The number of ketones is 2. The molecule has 1 unspecified atom stereocenters. The van der Waals surface area contributed by atoms with E-state index in [9.17, 15) is 33.6 Å². The number of H-pyrrole nitrogens is 1. The van der Waals surface area contributed by atoms with Crippen molar-refractivity contribution in [1.82, 2.24) is 40.8 Å². The number of carbonyl (C=O) groups excluding carboxylic acids is 7. The lowest BCUT2D eigenvalue weighted by atomic mass is 10.0. The van der Waals surface area contributed by atoms with Gasteiger partial charge in [-0.3, -0.25) is 38.5 Å². The number of nitrogens with one attached hydrogen (secondary N) is 4. The maximum atomic E-state index is 13.8. The molecule has 0 fully saturated rings. The Balaban J connectivity index is 0.967. The summed E-state index contributed by atoms with van der Waals surface area (Å²) in [6, 6.07) is 7.89. The van der Waals surface area contributed by atoms with Crippen LogP contribution in [0, 0.1) is 0 Å². The summed E-state index contributed by atoms with van der Waals surface area (Å²) >= 11 is 0. The molecule has 780 valence electrons. The van der Waals surface area contributed by atoms with Gasteiger partial charge >= 0.3 is 0 Å². The van der Waals surface area contributed by atoms with E-state index in [1.807, 2.05) is 24.3 Å². The molecule has 0 radical (unpaired) electrons. The number of fused-ring (bicyclic) bond motifs is 1. The molecule has 0 saturated heterocycles. The van der Waals surface area contributed by atoms with Crippen LogP contribution in [0.4, 0.5) is 5.95 Å². The molecule has 44 nitrogen and oxygen atoms in total. The van der Waals surface area contributed by atoms with Gasteiger partial charge in [0.15, 0.2) is 5.65 Å². The number of nitrogen functional groups attached to an aromatic ring is 1. The minimum Gasteiger partial charge on any atom is -0.471 e. The van der Waals surface area contributed by atoms with E-state index in [-0.39, 0.29) is 152 Å². The molecular weight excluding hydrogens is 1830 g/mol. The van der Waals surface area contributed by atoms with Crippen molar-refractivity contribution in [3.63, 3.8) is 0 Å². The molecule has 0 spiro atoms. The lowest BCUT2D eigenvalue weighted by molar-refractivity contribution is -0.136. The smallest absolute Gasteiger partial charge is 0.253 e. The fourth-order valence-electron chi connectivity index (χ4n) is 11.4. The maximum absolute atomic E-state index is 13.8. The van der Waals surface area contributed by atoms with E-state index in [1.165, 1.54) is 40.1 Å². The number of aryl methyl sites for hydroxylation is 1. The van der Waals surface area contributed by atoms with Gasteiger partial charge in [0.25, 0.3) is 11.8 Å². The van der Waals surface area contributed by atoms with E-state index in [2.05, 4.69) is 35.9 Å². The van der Waals surface area contributed by atoms with Gasteiger partial charge in [-0.1, -0.05) is 45.9 Å². The summed E-state index contributed by atoms with van der Waals surface area (Å²) in [5.74, 6) is -0.380. The molecular formula is C90H153N9O35S2. The number of nitrogens with two attached hydrogens (primary N) is 1. The Morgan fingerprint density at radius 3 is 1.07 bits per heavy atom. The zero-order valence-electron chi connectivity index (χ0n) is 79.9. The molecule has 3 aromatic rings. The monoisotopic (exact) mass is 1980 g/mol. The molecule has 136 heavy (non-hydrogen) atoms. The van der Waals surface area contributed by atoms with Crippen molar-refractivity contribution in [2.45, 2.75) is 69.9 Å². The molecule has 1 aliphatic heterocycles. The molecule has 0 saturated carbocycles. The van der Waals surface area contributed by atoms with Crippen LogP contribution in [0.25, 0.3) is 11.2 Å². The number of hydrogen-bond donors (Lipinski definition) is 5. The van der Waals surface area contributed by atoms with Crippen molar-refractivity contribution in [2.75, 3.05) is 395 Å². The number of imide groups is 1. The van der Waals surface area contributed by atoms with Crippen LogP contribution in [0.15, 0.2) is 42.7 Å². The minimum atomic E-state index is -1.34. The highest BCUT2D eigenvalue weighted by atomic mass is 33.1. The Morgan fingerprint density at radius 1 is 0.360 bits per heavy atom. The van der Waals surface area contributed by atoms with E-state index < -0.39 is 5.54 Å². The van der Waals surface area contributed by atoms with Gasteiger partial charge in [-0.05, 0) is 24.0 Å². The third-order valence-electron chi connectivity index (χ3n) is 18.5. The number of anilines is 1. The molecule has 6 N–H and O–H groups in total. The van der Waals surface area contributed by atoms with Crippen LogP contribution in [0.2, 0.25) is 0 Å². The van der Waals surface area contributed by atoms with Gasteiger partial charge in [-0.2, -0.15) is 9.97 Å². The molecule has 0 aliphatic carbocycles. The maximum Gasteiger partial charge on any atom is 0.253 e. The summed E-state index contributed by atoms with van der Waals surface area (Å²) in [7, 11) is 6.04. The standard InChI is InChI=1S/C90H153N9O35S2/c1-107-28-30-113-40-42-117-38-34-111-26-18-92-81(102)15-24-132-74-90(98-83(104)17-70-135-136-71-20-99-84(105)11-12-85(99)106,75-133-25-16-82(103)93-19-27-112-35-39-118-46-49-122-54-57-126-59-58-123-51-50-119-43-41-114-31-29-108-2)73-131-23-14-79(100)4-3-21-109-32-36-115-44-47-120-52-55-124-60-62-127-64-66-129-68-69-130-67-65-128-63-61-125-56-53-121-48-45-116-37-33-110-22-13-80(101)10-9-77-5-7-78(8-6-77)72-134-88-86-87(95-76-94-86)96-89(91)97-88/h5-8,11-12,76H,3-4,9-10,13-75H2,1-2H3,(H,92,102)(H,93,103)(H,98,104)(H3,91,94,95,96,97). The predicted molar refractivity (Wildman–Crippen MR) is 499 cm³/mol. The van der Waals surface area contributed by atoms with Crippen molar-refractivity contribution in [1.29, 1.82) is 0 Å². The summed E-state index contributed by atoms with van der Waals surface area (Å²) in [4.78, 5) is 106. The second-order valence-corrected chi connectivity index (χ2v) is 32.2. The molecule has 1 aliphatic rings. The SMILES string of the molecule is COCCOCCOCCOCCNC(=O)CCOCC(COCCC(=O)CCCOCCOCCOCCOCCOCCOCCOCCOCCOCCOCCOCCOCCC(=O)CCc1ccc(COc2nc(N)nc3nc[nH]c23)cc1)(COCCC(=O)NCCOCCOCCOCCOCCOCCOCCOCCOC)NC(=O)CCSSCCN1C(=O)C=CC1=O. The van der Waals surface area contributed by atoms with Crippen LogP contribution >= 0.6 is 21.6 Å². The highest BCUT2D eigenvalue weighted by Gasteiger charge is 2.34. The molecule has 1 aromatic carbocycles. The number of methoxy groups -OCH3 is 2. The third-order valence-corrected chi connectivity index (χ3v) is 20.9. The Morgan fingerprint density at radius 2 is 0.684 bits per heavy atom. The molecule has 3 heterocycles. The number of amides is 5. The first kappa shape index (κ1) is 122. The number of benzene rings is 1. The lowest BCUT2D eigenvalue weighted by Gasteiger charge is -2.34. The predicted octanol–water partition coefficient (Wildman–Crippen LogP) is 2.42. The van der Waals surface area contributed by atoms with Gasteiger partial charge in [-0.15, -0.1) is 0 Å². The van der Waals surface area contributed by atoms with Crippen molar-refractivity contribution in [3.8, 4) is 5.88 Å². The number of nitrogens with zero attached hydrogens (tertiary/aromatic N) is 4. The van der Waals surface area contributed by atoms with E-state index >= 15 is 0 Å². The van der Waals surface area contributed by atoms with Crippen molar-refractivity contribution in [3.05, 3.63) is 53.9 Å². The van der Waals surface area contributed by atoms with Gasteiger partial charge in [0.1, 0.15) is 29.2 Å². The number of hydrogen-bond acceptors (Lipinski definition) is 41. The van der Waals surface area contributed by atoms with Crippen molar-refractivity contribution in [2.24, 2.45) is 0 Å². The van der Waals surface area contributed by atoms with E-state index in [0.29, 0.717) is 352 Å². The second kappa shape index (κ2) is 89.9. The molecule has 46 heteroatoms. The second-order valence-electron chi connectivity index (χ2n) is 29.5. The van der Waals surface area contributed by atoms with E-state index in [0.717, 1.165) is 16.0 Å². The summed E-state index contributed by atoms with van der Waals surface area (Å²) < 4.78 is 156. The van der Waals surface area contributed by atoms with Gasteiger partial charge in [0.2, 0.25) is 29.5 Å². The number of ether oxygens (including phenoxy) is 28. The zero-order chi connectivity index (χ0) is 97.1. The Labute approximate surface area is 807 Å². The molecule has 0 bridgehead atoms. The van der Waals surface area contributed by atoms with Crippen molar-refractivity contribution >= 4 is 79.8 Å². The van der Waals surface area contributed by atoms with Crippen LogP contribution in [-0.2, 0) is 174 Å². The first-order chi connectivity index (χ1) is 66.9. The van der Waals surface area contributed by atoms with Crippen LogP contribution in [0.1, 0.15) is 62.5 Å². The Hall–Kier alpha value is -6.38. The van der Waals surface area contributed by atoms with Crippen LogP contribution in [0.3, 0.4) is 0 Å². The average Bonchev–Trinajstić information content (AvgIpc) is 1.64. The highest BCUT2D eigenvalue weighted by molar-refractivity contribution is 8.76. The Kier molecular flexibility index (Phi) is 80.6. The largest absolute Gasteiger partial charge is 0.471 e. The van der Waals surface area contributed by atoms with Gasteiger partial charge < -0.3 is 159 Å². The number of imidazole rings is 1. The average molecular weight is 1990 g/mol. The topological polar surface area (TPSA) is 498 Å². The number of aromatic amines is 1. The van der Waals surface area contributed by atoms with Gasteiger partial charge in [0.05, 0.1) is 343 Å². The zero-order valence-corrected chi connectivity index (χ0v) is 81.5. The summed E-state index contributed by atoms with van der Waals surface area (Å²) in [6.07, 6.45) is 6.18. The van der Waals surface area contributed by atoms with Crippen LogP contribution < -0.4 is 26.4 Å². The lowest BCUT2D eigenvalue weighted by Crippen LogP contribution is -2.58. The Bertz CT molecular complexity index is 3410. The third kappa shape index (κ3) is 72.0. The van der Waals surface area contributed by atoms with Gasteiger partial charge in [0, 0.05) is 109 Å².